The number of hydrogen-bond donors (Lipinski definition) is 2. The van der Waals surface area contributed by atoms with E-state index in [2.05, 4.69) is 19.2 Å². The van der Waals surface area contributed by atoms with Crippen LogP contribution in [-0.2, 0) is 0 Å². The highest BCUT2D eigenvalue weighted by atomic mass is 15.1. The zero-order valence-corrected chi connectivity index (χ0v) is 11.0. The second kappa shape index (κ2) is 5.05. The lowest BCUT2D eigenvalue weighted by Gasteiger charge is -2.33. The van der Waals surface area contributed by atoms with Crippen LogP contribution in [0.15, 0.2) is 0 Å². The standard InChI is InChI=1S/C14H28N2/c1-11(2)12-4-3-8-14(10-15,9-7-12)16-13-5-6-13/h11-13,16H,3-10,15H2,1-2H3. The molecule has 0 bridgehead atoms. The maximum atomic E-state index is 6.04. The molecule has 2 nitrogen and oxygen atoms in total. The van der Waals surface area contributed by atoms with Gasteiger partial charge in [0.05, 0.1) is 0 Å². The van der Waals surface area contributed by atoms with Crippen molar-refractivity contribution in [2.75, 3.05) is 6.54 Å². The van der Waals surface area contributed by atoms with Gasteiger partial charge in [0.2, 0.25) is 0 Å². The topological polar surface area (TPSA) is 38.0 Å². The van der Waals surface area contributed by atoms with E-state index in [1.807, 2.05) is 0 Å². The van der Waals surface area contributed by atoms with Crippen LogP contribution < -0.4 is 11.1 Å². The second-order valence-corrected chi connectivity index (χ2v) is 6.34. The third-order valence-electron chi connectivity index (χ3n) is 4.65. The maximum Gasteiger partial charge on any atom is 0.0306 e. The van der Waals surface area contributed by atoms with E-state index in [1.165, 1.54) is 44.9 Å². The van der Waals surface area contributed by atoms with Crippen LogP contribution in [0.5, 0.6) is 0 Å². The summed E-state index contributed by atoms with van der Waals surface area (Å²) in [4.78, 5) is 0. The SMILES string of the molecule is CC(C)C1CCCC(CN)(NC2CC2)CC1. The first-order valence-electron chi connectivity index (χ1n) is 7.13. The Labute approximate surface area is 100 Å². The molecule has 2 heteroatoms. The van der Waals surface area contributed by atoms with Crippen molar-refractivity contribution < 1.29 is 0 Å². The van der Waals surface area contributed by atoms with Crippen molar-refractivity contribution in [3.8, 4) is 0 Å². The fourth-order valence-corrected chi connectivity index (χ4v) is 3.17. The van der Waals surface area contributed by atoms with E-state index < -0.39 is 0 Å². The number of rotatable bonds is 4. The second-order valence-electron chi connectivity index (χ2n) is 6.34. The van der Waals surface area contributed by atoms with Crippen LogP contribution in [0, 0.1) is 11.8 Å². The van der Waals surface area contributed by atoms with Crippen LogP contribution in [0.1, 0.15) is 58.8 Å². The smallest absolute Gasteiger partial charge is 0.0306 e. The highest BCUT2D eigenvalue weighted by molar-refractivity contribution is 4.98. The van der Waals surface area contributed by atoms with Crippen molar-refractivity contribution in [1.29, 1.82) is 0 Å². The summed E-state index contributed by atoms with van der Waals surface area (Å²) in [7, 11) is 0. The van der Waals surface area contributed by atoms with Crippen LogP contribution in [-0.4, -0.2) is 18.1 Å². The molecule has 16 heavy (non-hydrogen) atoms. The predicted molar refractivity (Wildman–Crippen MR) is 69.4 cm³/mol. The maximum absolute atomic E-state index is 6.04. The van der Waals surface area contributed by atoms with Gasteiger partial charge in [0.1, 0.15) is 0 Å². The van der Waals surface area contributed by atoms with Crippen LogP contribution in [0.2, 0.25) is 0 Å². The Kier molecular flexibility index (Phi) is 3.91. The molecule has 2 rings (SSSR count). The van der Waals surface area contributed by atoms with Gasteiger partial charge >= 0.3 is 0 Å². The highest BCUT2D eigenvalue weighted by Crippen LogP contribution is 2.35. The fourth-order valence-electron chi connectivity index (χ4n) is 3.17. The number of nitrogens with two attached hydrogens (primary N) is 1. The molecular weight excluding hydrogens is 196 g/mol. The quantitative estimate of drug-likeness (QED) is 0.721. The lowest BCUT2D eigenvalue weighted by atomic mass is 9.86. The summed E-state index contributed by atoms with van der Waals surface area (Å²) in [6.07, 6.45) is 9.47. The van der Waals surface area contributed by atoms with Gasteiger partial charge in [-0.1, -0.05) is 26.7 Å². The van der Waals surface area contributed by atoms with E-state index in [4.69, 9.17) is 5.73 Å². The molecule has 3 N–H and O–H groups in total. The molecule has 0 aromatic heterocycles. The minimum Gasteiger partial charge on any atom is -0.329 e. The van der Waals surface area contributed by atoms with E-state index in [-0.39, 0.29) is 5.54 Å². The molecule has 0 amide bonds. The minimum absolute atomic E-state index is 0.283. The van der Waals surface area contributed by atoms with E-state index in [0.29, 0.717) is 0 Å². The van der Waals surface area contributed by atoms with Crippen molar-refractivity contribution in [3.05, 3.63) is 0 Å². The Balaban J connectivity index is 1.93. The van der Waals surface area contributed by atoms with Gasteiger partial charge in [-0.2, -0.15) is 0 Å². The molecule has 0 aromatic carbocycles. The summed E-state index contributed by atoms with van der Waals surface area (Å²) < 4.78 is 0. The molecule has 0 radical (unpaired) electrons. The molecule has 2 atom stereocenters. The summed E-state index contributed by atoms with van der Waals surface area (Å²) in [5.74, 6) is 1.77. The molecule has 0 heterocycles. The first-order chi connectivity index (χ1) is 7.65. The Morgan fingerprint density at radius 3 is 2.50 bits per heavy atom. The summed E-state index contributed by atoms with van der Waals surface area (Å²) in [6.45, 7) is 5.57. The lowest BCUT2D eigenvalue weighted by molar-refractivity contribution is 0.276. The third kappa shape index (κ3) is 2.98. The first kappa shape index (κ1) is 12.4. The summed E-state index contributed by atoms with van der Waals surface area (Å²) in [5.41, 5.74) is 6.33. The normalized spacial score (nSPS) is 36.4. The molecule has 0 aliphatic heterocycles. The van der Waals surface area contributed by atoms with Crippen LogP contribution >= 0.6 is 0 Å². The van der Waals surface area contributed by atoms with Gasteiger partial charge in [-0.15, -0.1) is 0 Å². The van der Waals surface area contributed by atoms with Gasteiger partial charge in [-0.05, 0) is 43.9 Å². The molecule has 0 aromatic rings. The van der Waals surface area contributed by atoms with E-state index in [0.717, 1.165) is 24.4 Å². The minimum atomic E-state index is 0.283. The van der Waals surface area contributed by atoms with Crippen molar-refractivity contribution >= 4 is 0 Å². The Bertz CT molecular complexity index is 223. The van der Waals surface area contributed by atoms with E-state index in [9.17, 15) is 0 Å². The van der Waals surface area contributed by atoms with E-state index >= 15 is 0 Å². The largest absolute Gasteiger partial charge is 0.329 e. The highest BCUT2D eigenvalue weighted by Gasteiger charge is 2.37. The molecule has 0 spiro atoms. The van der Waals surface area contributed by atoms with Gasteiger partial charge in [-0.25, -0.2) is 0 Å². The first-order valence-corrected chi connectivity index (χ1v) is 7.13. The monoisotopic (exact) mass is 224 g/mol. The van der Waals surface area contributed by atoms with Gasteiger partial charge in [-0.3, -0.25) is 0 Å². The van der Waals surface area contributed by atoms with Gasteiger partial charge in [0.25, 0.3) is 0 Å². The Morgan fingerprint density at radius 2 is 1.94 bits per heavy atom. The summed E-state index contributed by atoms with van der Waals surface area (Å²) in [5, 5.41) is 3.83. The average molecular weight is 224 g/mol. The molecule has 2 saturated carbocycles. The van der Waals surface area contributed by atoms with Crippen LogP contribution in [0.25, 0.3) is 0 Å². The third-order valence-corrected chi connectivity index (χ3v) is 4.65. The molecule has 2 aliphatic rings. The fraction of sp³-hybridized carbons (Fsp3) is 1.00. The van der Waals surface area contributed by atoms with Gasteiger partial charge in [0, 0.05) is 18.1 Å². The average Bonchev–Trinajstić information content (AvgIpc) is 3.06. The molecule has 2 aliphatic carbocycles. The molecule has 2 unspecified atom stereocenters. The predicted octanol–water partition coefficient (Wildman–Crippen LogP) is 2.67. The van der Waals surface area contributed by atoms with Crippen LogP contribution in [0.3, 0.4) is 0 Å². The Hall–Kier alpha value is -0.0800. The molecule has 94 valence electrons. The molecule has 0 saturated heterocycles. The zero-order valence-electron chi connectivity index (χ0n) is 11.0. The van der Waals surface area contributed by atoms with Crippen molar-refractivity contribution in [2.45, 2.75) is 70.4 Å². The van der Waals surface area contributed by atoms with Crippen molar-refractivity contribution in [3.63, 3.8) is 0 Å². The van der Waals surface area contributed by atoms with Crippen molar-refractivity contribution in [2.24, 2.45) is 17.6 Å². The number of hydrogen-bond acceptors (Lipinski definition) is 2. The molecule has 2 fully saturated rings. The zero-order chi connectivity index (χ0) is 11.6. The summed E-state index contributed by atoms with van der Waals surface area (Å²) in [6, 6.07) is 0.791. The lowest BCUT2D eigenvalue weighted by Crippen LogP contribution is -2.51. The number of nitrogens with one attached hydrogen (secondary N) is 1. The van der Waals surface area contributed by atoms with Gasteiger partial charge < -0.3 is 11.1 Å². The van der Waals surface area contributed by atoms with Gasteiger partial charge in [0.15, 0.2) is 0 Å². The van der Waals surface area contributed by atoms with E-state index in [1.54, 1.807) is 0 Å². The Morgan fingerprint density at radius 1 is 1.19 bits per heavy atom. The molecular formula is C14H28N2. The van der Waals surface area contributed by atoms with Crippen molar-refractivity contribution in [1.82, 2.24) is 5.32 Å². The van der Waals surface area contributed by atoms with Crippen LogP contribution in [0.4, 0.5) is 0 Å². The summed E-state index contributed by atoms with van der Waals surface area (Å²) >= 11 is 0.